The van der Waals surface area contributed by atoms with Crippen molar-refractivity contribution in [2.24, 2.45) is 0 Å². The fraction of sp³-hybridized carbons (Fsp3) is 0.103. The molecule has 0 saturated heterocycles. The zero-order chi connectivity index (χ0) is 20.4. The van der Waals surface area contributed by atoms with E-state index < -0.39 is 10.0 Å². The van der Waals surface area contributed by atoms with Gasteiger partial charge in [0.1, 0.15) is 0 Å². The molecule has 0 aliphatic carbocycles. The summed E-state index contributed by atoms with van der Waals surface area (Å²) in [6.45, 7) is 2.32. The normalized spacial score (nSPS) is 12.3. The second kappa shape index (κ2) is 8.01. The smallest absolute Gasteiger partial charge is 0.0139 e. The van der Waals surface area contributed by atoms with Crippen molar-refractivity contribution in [2.75, 3.05) is 5.75 Å². The summed E-state index contributed by atoms with van der Waals surface area (Å²) in [5.41, 5.74) is 0. The van der Waals surface area contributed by atoms with Crippen LogP contribution >= 0.6 is 10.0 Å². The minimum Gasteiger partial charge on any atom is -0.159 e. The van der Waals surface area contributed by atoms with Gasteiger partial charge in [-0.05, 0) is 73.8 Å². The van der Waals surface area contributed by atoms with Gasteiger partial charge in [0.2, 0.25) is 0 Å². The first-order valence-corrected chi connectivity index (χ1v) is 12.5. The van der Waals surface area contributed by atoms with Crippen LogP contribution in [0.1, 0.15) is 13.3 Å². The second-order valence-corrected chi connectivity index (χ2v) is 11.0. The lowest BCUT2D eigenvalue weighted by Crippen LogP contribution is -2.09. The molecule has 0 saturated carbocycles. The number of benzene rings is 5. The molecule has 0 amide bonds. The van der Waals surface area contributed by atoms with E-state index in [0.29, 0.717) is 0 Å². The van der Waals surface area contributed by atoms with Gasteiger partial charge in [-0.3, -0.25) is 0 Å². The van der Waals surface area contributed by atoms with Crippen molar-refractivity contribution < 1.29 is 0 Å². The van der Waals surface area contributed by atoms with Crippen LogP contribution in [0, 0.1) is 0 Å². The summed E-state index contributed by atoms with van der Waals surface area (Å²) in [6.07, 6.45) is 1.14. The molecule has 0 spiro atoms. The molecule has 148 valence electrons. The molecule has 5 aromatic rings. The maximum atomic E-state index is 2.35. The maximum Gasteiger partial charge on any atom is 0.0139 e. The summed E-state index contributed by atoms with van der Waals surface area (Å²) < 4.78 is 0. The summed E-state index contributed by atoms with van der Waals surface area (Å²) in [6, 6.07) is 42.6. The molecule has 0 aromatic heterocycles. The zero-order valence-corrected chi connectivity index (χ0v) is 18.1. The molecular formula is C29H26S. The second-order valence-electron chi connectivity index (χ2n) is 7.72. The third kappa shape index (κ3) is 3.02. The average Bonchev–Trinajstić information content (AvgIpc) is 2.82. The lowest BCUT2D eigenvalue weighted by molar-refractivity contribution is 1.08. The van der Waals surface area contributed by atoms with Gasteiger partial charge in [0.15, 0.2) is 0 Å². The molecular weight excluding hydrogens is 380 g/mol. The van der Waals surface area contributed by atoms with Gasteiger partial charge in [-0.25, -0.2) is 0 Å². The van der Waals surface area contributed by atoms with Crippen molar-refractivity contribution in [1.82, 2.24) is 0 Å². The fourth-order valence-corrected chi connectivity index (χ4v) is 9.07. The molecule has 0 atom stereocenters. The zero-order valence-electron chi connectivity index (χ0n) is 17.3. The van der Waals surface area contributed by atoms with Gasteiger partial charge in [0.05, 0.1) is 0 Å². The molecule has 0 heterocycles. The number of hydrogen-bond donors (Lipinski definition) is 0. The molecule has 1 heteroatoms. The summed E-state index contributed by atoms with van der Waals surface area (Å²) in [4.78, 5) is 4.40. The molecule has 0 aliphatic rings. The van der Waals surface area contributed by atoms with Crippen molar-refractivity contribution >= 4 is 31.6 Å². The Bertz CT molecular complexity index is 1200. The molecule has 0 N–H and O–H groups in total. The quantitative estimate of drug-likeness (QED) is 0.256. The summed E-state index contributed by atoms with van der Waals surface area (Å²) in [5, 5.41) is 5.41. The SMILES string of the molecule is CCCS(c1ccccc1)(c1ccccc1)c1c2ccccc2cc2ccccc12. The van der Waals surface area contributed by atoms with E-state index in [-0.39, 0.29) is 0 Å². The Morgan fingerprint density at radius 2 is 0.967 bits per heavy atom. The predicted molar refractivity (Wildman–Crippen MR) is 132 cm³/mol. The molecule has 0 radical (unpaired) electrons. The lowest BCUT2D eigenvalue weighted by atomic mass is 10.0. The van der Waals surface area contributed by atoms with E-state index >= 15 is 0 Å². The van der Waals surface area contributed by atoms with Crippen LogP contribution in [0.25, 0.3) is 21.5 Å². The molecule has 30 heavy (non-hydrogen) atoms. The highest BCUT2D eigenvalue weighted by molar-refractivity contribution is 8.34. The highest BCUT2D eigenvalue weighted by Gasteiger charge is 2.33. The van der Waals surface area contributed by atoms with Crippen LogP contribution in [0.3, 0.4) is 0 Å². The van der Waals surface area contributed by atoms with Gasteiger partial charge in [-0.15, -0.1) is 0 Å². The first-order valence-electron chi connectivity index (χ1n) is 10.7. The van der Waals surface area contributed by atoms with Gasteiger partial charge < -0.3 is 0 Å². The first kappa shape index (κ1) is 19.0. The first-order chi connectivity index (χ1) is 14.8. The summed E-state index contributed by atoms with van der Waals surface area (Å²) >= 11 is 0. The van der Waals surface area contributed by atoms with Crippen LogP contribution in [0.2, 0.25) is 0 Å². The van der Waals surface area contributed by atoms with Gasteiger partial charge >= 0.3 is 0 Å². The lowest BCUT2D eigenvalue weighted by Gasteiger charge is -2.43. The van der Waals surface area contributed by atoms with Crippen LogP contribution in [0.15, 0.2) is 130 Å². The van der Waals surface area contributed by atoms with Gasteiger partial charge in [0.25, 0.3) is 0 Å². The van der Waals surface area contributed by atoms with Crippen molar-refractivity contribution in [1.29, 1.82) is 0 Å². The van der Waals surface area contributed by atoms with Crippen LogP contribution < -0.4 is 0 Å². The van der Waals surface area contributed by atoms with Crippen molar-refractivity contribution in [3.05, 3.63) is 115 Å². The molecule has 0 fully saturated rings. The van der Waals surface area contributed by atoms with Crippen molar-refractivity contribution in [3.8, 4) is 0 Å². The predicted octanol–water partition coefficient (Wildman–Crippen LogP) is 8.68. The molecule has 0 unspecified atom stereocenters. The number of fused-ring (bicyclic) bond motifs is 2. The molecule has 0 nitrogen and oxygen atoms in total. The van der Waals surface area contributed by atoms with Gasteiger partial charge in [-0.1, -0.05) is 91.9 Å². The average molecular weight is 407 g/mol. The number of hydrogen-bond acceptors (Lipinski definition) is 0. The Kier molecular flexibility index (Phi) is 5.06. The Morgan fingerprint density at radius 1 is 0.533 bits per heavy atom. The molecule has 5 rings (SSSR count). The molecule has 5 aromatic carbocycles. The highest BCUT2D eigenvalue weighted by atomic mass is 32.3. The fourth-order valence-electron chi connectivity index (χ4n) is 4.67. The summed E-state index contributed by atoms with van der Waals surface area (Å²) in [7, 11) is -1.44. The topological polar surface area (TPSA) is 0 Å². The third-order valence-corrected chi connectivity index (χ3v) is 10.2. The van der Waals surface area contributed by atoms with Crippen LogP contribution in [-0.2, 0) is 0 Å². The Labute approximate surface area is 180 Å². The van der Waals surface area contributed by atoms with E-state index in [1.54, 1.807) is 0 Å². The van der Waals surface area contributed by atoms with Gasteiger partial charge in [0, 0.05) is 4.90 Å². The van der Waals surface area contributed by atoms with E-state index in [4.69, 9.17) is 0 Å². The molecule has 0 aliphatic heterocycles. The van der Waals surface area contributed by atoms with E-state index in [1.807, 2.05) is 0 Å². The largest absolute Gasteiger partial charge is 0.159 e. The maximum absolute atomic E-state index is 2.35. The van der Waals surface area contributed by atoms with E-state index in [2.05, 4.69) is 122 Å². The third-order valence-electron chi connectivity index (χ3n) is 5.87. The monoisotopic (exact) mass is 406 g/mol. The minimum absolute atomic E-state index is 1.14. The van der Waals surface area contributed by atoms with Crippen LogP contribution in [-0.4, -0.2) is 5.75 Å². The Balaban J connectivity index is 2.02. The van der Waals surface area contributed by atoms with Crippen LogP contribution in [0.4, 0.5) is 0 Å². The number of rotatable bonds is 5. The highest BCUT2D eigenvalue weighted by Crippen LogP contribution is 2.71. The van der Waals surface area contributed by atoms with Crippen molar-refractivity contribution in [2.45, 2.75) is 28.0 Å². The molecule has 0 bridgehead atoms. The van der Waals surface area contributed by atoms with Gasteiger partial charge in [-0.2, -0.15) is 10.0 Å². The van der Waals surface area contributed by atoms with E-state index in [9.17, 15) is 0 Å². The van der Waals surface area contributed by atoms with Crippen molar-refractivity contribution in [3.63, 3.8) is 0 Å². The Morgan fingerprint density at radius 3 is 1.43 bits per heavy atom. The van der Waals surface area contributed by atoms with E-state index in [0.717, 1.165) is 12.2 Å². The Hall–Kier alpha value is -3.03. The minimum atomic E-state index is -1.44. The standard InChI is InChI=1S/C29H26S/c1-2-21-30(25-15-5-3-6-16-25,26-17-7-4-8-18-26)29-27-19-11-9-13-23(27)22-24-14-10-12-20-28(24)29/h3-20,22H,2,21H2,1H3. The van der Waals surface area contributed by atoms with E-state index in [1.165, 1.54) is 36.2 Å². The van der Waals surface area contributed by atoms with Crippen LogP contribution in [0.5, 0.6) is 0 Å². The summed E-state index contributed by atoms with van der Waals surface area (Å²) in [5.74, 6) is 1.14.